The number of Topliss-reactive ketones (excluding diaryl/α,β-unsaturated/α-hetero) is 1. The van der Waals surface area contributed by atoms with Crippen molar-refractivity contribution >= 4 is 34.5 Å². The van der Waals surface area contributed by atoms with Gasteiger partial charge in [-0.1, -0.05) is 31.1 Å². The summed E-state index contributed by atoms with van der Waals surface area (Å²) in [6, 6.07) is 9.02. The van der Waals surface area contributed by atoms with Crippen LogP contribution in [0.1, 0.15) is 72.3 Å². The molecule has 0 unspecified atom stereocenters. The summed E-state index contributed by atoms with van der Waals surface area (Å²) in [4.78, 5) is 49.4. The molecule has 2 aliphatic rings. The Bertz CT molecular complexity index is 1350. The van der Waals surface area contributed by atoms with E-state index in [-0.39, 0.29) is 23.1 Å². The van der Waals surface area contributed by atoms with Gasteiger partial charge in [0.25, 0.3) is 0 Å². The average Bonchev–Trinajstić information content (AvgIpc) is 2.86. The first-order valence-electron chi connectivity index (χ1n) is 13.1. The van der Waals surface area contributed by atoms with Crippen molar-refractivity contribution in [1.29, 1.82) is 0 Å². The Hall–Kier alpha value is -3.48. The number of rotatable bonds is 6. The summed E-state index contributed by atoms with van der Waals surface area (Å²) in [5.41, 5.74) is 1.94. The molecule has 7 heteroatoms. The molecule has 0 aliphatic heterocycles. The van der Waals surface area contributed by atoms with Crippen LogP contribution in [0.5, 0.6) is 11.5 Å². The lowest BCUT2D eigenvalue weighted by Crippen LogP contribution is -2.52. The van der Waals surface area contributed by atoms with E-state index in [1.165, 1.54) is 21.0 Å². The van der Waals surface area contributed by atoms with Crippen molar-refractivity contribution in [2.75, 3.05) is 7.11 Å². The van der Waals surface area contributed by atoms with Gasteiger partial charge in [0.1, 0.15) is 11.5 Å². The minimum absolute atomic E-state index is 0.0983. The number of hydrogen-bond donors (Lipinski definition) is 0. The molecule has 202 valence electrons. The van der Waals surface area contributed by atoms with Crippen LogP contribution in [0.2, 0.25) is 0 Å². The molecule has 4 rings (SSSR count). The van der Waals surface area contributed by atoms with Crippen LogP contribution in [0.4, 0.5) is 0 Å². The second-order valence-corrected chi connectivity index (χ2v) is 11.1. The van der Waals surface area contributed by atoms with Crippen LogP contribution in [0.3, 0.4) is 0 Å². The maximum atomic E-state index is 13.2. The fraction of sp³-hybridized carbons (Fsp3) is 0.484. The molecule has 7 nitrogen and oxygen atoms in total. The normalized spacial score (nSPS) is 25.1. The van der Waals surface area contributed by atoms with Crippen LogP contribution in [-0.2, 0) is 30.3 Å². The highest BCUT2D eigenvalue weighted by molar-refractivity contribution is 5.98. The predicted molar refractivity (Wildman–Crippen MR) is 143 cm³/mol. The zero-order chi connectivity index (χ0) is 27.8. The maximum absolute atomic E-state index is 13.2. The number of carbonyl (C=O) groups excluding carboxylic acids is 4. The predicted octanol–water partition coefficient (Wildman–Crippen LogP) is 5.90. The van der Waals surface area contributed by atoms with Crippen LogP contribution in [0.15, 0.2) is 41.5 Å². The molecule has 0 amide bonds. The number of allylic oxidation sites excluding steroid dienone is 2. The van der Waals surface area contributed by atoms with Gasteiger partial charge in [-0.2, -0.15) is 0 Å². The smallest absolute Gasteiger partial charge is 0.311 e. The van der Waals surface area contributed by atoms with Crippen LogP contribution < -0.4 is 9.47 Å². The van der Waals surface area contributed by atoms with Gasteiger partial charge in [0.2, 0.25) is 0 Å². The average molecular weight is 521 g/mol. The minimum atomic E-state index is -0.696. The van der Waals surface area contributed by atoms with E-state index in [0.717, 1.165) is 29.6 Å². The van der Waals surface area contributed by atoms with E-state index in [2.05, 4.69) is 6.92 Å². The number of hydrogen-bond acceptors (Lipinski definition) is 7. The summed E-state index contributed by atoms with van der Waals surface area (Å²) < 4.78 is 16.0. The molecule has 0 N–H and O–H groups in total. The summed E-state index contributed by atoms with van der Waals surface area (Å²) in [6.07, 6.45) is 4.21. The highest BCUT2D eigenvalue weighted by atomic mass is 16.5. The molecule has 1 fully saturated rings. The molecule has 0 radical (unpaired) electrons. The lowest BCUT2D eigenvalue weighted by molar-refractivity contribution is -0.163. The van der Waals surface area contributed by atoms with Gasteiger partial charge in [0.15, 0.2) is 5.78 Å². The van der Waals surface area contributed by atoms with E-state index in [0.29, 0.717) is 48.0 Å². The third-order valence-corrected chi connectivity index (χ3v) is 8.70. The second kappa shape index (κ2) is 10.4. The number of esters is 3. The van der Waals surface area contributed by atoms with E-state index >= 15 is 0 Å². The Morgan fingerprint density at radius 2 is 1.55 bits per heavy atom. The van der Waals surface area contributed by atoms with Crippen molar-refractivity contribution in [2.24, 2.45) is 16.7 Å². The first-order chi connectivity index (χ1) is 17.9. The lowest BCUT2D eigenvalue weighted by atomic mass is 9.49. The maximum Gasteiger partial charge on any atom is 0.311 e. The molecule has 2 aromatic rings. The number of ether oxygens (including phenoxy) is 3. The molecular weight excluding hydrogens is 484 g/mol. The molecule has 0 aromatic heterocycles. The molecule has 1 saturated carbocycles. The highest BCUT2D eigenvalue weighted by Crippen LogP contribution is 2.60. The summed E-state index contributed by atoms with van der Waals surface area (Å²) in [7, 11) is 1.42. The van der Waals surface area contributed by atoms with Crippen molar-refractivity contribution < 1.29 is 33.4 Å². The minimum Gasteiger partial charge on any atom is -0.469 e. The molecule has 2 aromatic carbocycles. The van der Waals surface area contributed by atoms with E-state index in [1.807, 2.05) is 32.0 Å². The van der Waals surface area contributed by atoms with Crippen molar-refractivity contribution in [3.8, 4) is 11.5 Å². The Morgan fingerprint density at radius 3 is 2.16 bits per heavy atom. The summed E-state index contributed by atoms with van der Waals surface area (Å²) in [6.45, 7) is 8.75. The third-order valence-electron chi connectivity index (χ3n) is 8.70. The van der Waals surface area contributed by atoms with Gasteiger partial charge >= 0.3 is 17.9 Å². The SMILES string of the molecule is COC(=O)[C@@]1(C)CCC[C@]2(C)C(CCc3ccc4c(OC(C)=O)ccc(OC(C)=O)c4c3)=C(C)C(=O)C[C@@H]12. The van der Waals surface area contributed by atoms with E-state index in [1.54, 1.807) is 12.1 Å². The van der Waals surface area contributed by atoms with Gasteiger partial charge < -0.3 is 14.2 Å². The Morgan fingerprint density at radius 1 is 0.921 bits per heavy atom. The van der Waals surface area contributed by atoms with Gasteiger partial charge in [-0.05, 0) is 80.2 Å². The first-order valence-corrected chi connectivity index (χ1v) is 13.1. The Labute approximate surface area is 223 Å². The van der Waals surface area contributed by atoms with Crippen molar-refractivity contribution in [2.45, 2.75) is 73.1 Å². The molecule has 38 heavy (non-hydrogen) atoms. The lowest BCUT2D eigenvalue weighted by Gasteiger charge is -2.54. The van der Waals surface area contributed by atoms with E-state index in [9.17, 15) is 19.2 Å². The topological polar surface area (TPSA) is 96.0 Å². The summed E-state index contributed by atoms with van der Waals surface area (Å²) in [5, 5.41) is 1.33. The number of benzene rings is 2. The fourth-order valence-corrected chi connectivity index (χ4v) is 6.83. The van der Waals surface area contributed by atoms with E-state index in [4.69, 9.17) is 14.2 Å². The number of aryl methyl sites for hydroxylation is 1. The highest BCUT2D eigenvalue weighted by Gasteiger charge is 2.57. The van der Waals surface area contributed by atoms with Gasteiger partial charge in [0.05, 0.1) is 12.5 Å². The standard InChI is InChI=1S/C31H36O7/c1-18-24(30(4)14-7-15-31(5,29(35)36-6)28(30)17-25(18)34)11-9-21-8-10-22-23(16-21)27(38-20(3)33)13-12-26(22)37-19(2)32/h8,10,12-13,16,28H,7,9,11,14-15,17H2,1-6H3/t28-,30-,31+/m1/s1. The fourth-order valence-electron chi connectivity index (χ4n) is 6.83. The van der Waals surface area contributed by atoms with Crippen LogP contribution in [0, 0.1) is 16.7 Å². The van der Waals surface area contributed by atoms with Crippen molar-refractivity contribution in [3.63, 3.8) is 0 Å². The van der Waals surface area contributed by atoms with Gasteiger partial charge in [-0.15, -0.1) is 0 Å². The monoisotopic (exact) mass is 520 g/mol. The zero-order valence-corrected chi connectivity index (χ0v) is 23.1. The number of fused-ring (bicyclic) bond motifs is 2. The molecular formula is C31H36O7. The zero-order valence-electron chi connectivity index (χ0n) is 23.1. The molecule has 0 heterocycles. The third kappa shape index (κ3) is 4.86. The Balaban J connectivity index is 1.70. The second-order valence-electron chi connectivity index (χ2n) is 11.1. The van der Waals surface area contributed by atoms with Crippen molar-refractivity contribution in [3.05, 3.63) is 47.0 Å². The summed E-state index contributed by atoms with van der Waals surface area (Å²) in [5.74, 6) is -0.344. The largest absolute Gasteiger partial charge is 0.469 e. The number of methoxy groups -OCH3 is 1. The molecule has 0 spiro atoms. The molecule has 0 bridgehead atoms. The first kappa shape index (κ1) is 27.6. The van der Waals surface area contributed by atoms with E-state index < -0.39 is 17.4 Å². The number of carbonyl (C=O) groups is 4. The quantitative estimate of drug-likeness (QED) is 0.346. The van der Waals surface area contributed by atoms with Crippen LogP contribution in [0.25, 0.3) is 10.8 Å². The Kier molecular flexibility index (Phi) is 7.51. The van der Waals surface area contributed by atoms with Crippen molar-refractivity contribution in [1.82, 2.24) is 0 Å². The van der Waals surface area contributed by atoms with Crippen LogP contribution in [-0.4, -0.2) is 30.8 Å². The van der Waals surface area contributed by atoms with Gasteiger partial charge in [0, 0.05) is 31.0 Å². The molecule has 2 aliphatic carbocycles. The van der Waals surface area contributed by atoms with Crippen LogP contribution >= 0.6 is 0 Å². The summed E-state index contributed by atoms with van der Waals surface area (Å²) >= 11 is 0. The molecule has 3 atom stereocenters. The van der Waals surface area contributed by atoms with Gasteiger partial charge in [-0.25, -0.2) is 0 Å². The number of ketones is 1. The van der Waals surface area contributed by atoms with Gasteiger partial charge in [-0.3, -0.25) is 19.2 Å². The molecule has 0 saturated heterocycles.